The highest BCUT2D eigenvalue weighted by atomic mass is 32.2. The van der Waals surface area contributed by atoms with E-state index in [4.69, 9.17) is 18.4 Å². The molecular formula is C19H20N2O7S. The van der Waals surface area contributed by atoms with Crippen LogP contribution in [0.1, 0.15) is 18.1 Å². The third-order valence-electron chi connectivity index (χ3n) is 3.73. The highest BCUT2D eigenvalue weighted by Gasteiger charge is 2.16. The van der Waals surface area contributed by atoms with E-state index in [-0.39, 0.29) is 12.4 Å². The van der Waals surface area contributed by atoms with E-state index in [9.17, 15) is 13.2 Å². The molecule has 9 nitrogen and oxygen atoms in total. The predicted octanol–water partition coefficient (Wildman–Crippen LogP) is 2.29. The number of ether oxygens (including phenoxy) is 3. The summed E-state index contributed by atoms with van der Waals surface area (Å²) in [6.45, 7) is 2.80. The number of hydrogen-bond acceptors (Lipinski definition) is 8. The van der Waals surface area contributed by atoms with Crippen molar-refractivity contribution in [2.24, 2.45) is 5.10 Å². The van der Waals surface area contributed by atoms with Crippen molar-refractivity contribution < 1.29 is 31.6 Å². The lowest BCUT2D eigenvalue weighted by molar-refractivity contribution is 0.152. The molecule has 0 saturated heterocycles. The van der Waals surface area contributed by atoms with Crippen LogP contribution in [0.4, 0.5) is 4.79 Å². The van der Waals surface area contributed by atoms with Gasteiger partial charge in [0.2, 0.25) is 0 Å². The quantitative estimate of drug-likeness (QED) is 0.433. The molecule has 0 bridgehead atoms. The standard InChI is InChI=1S/C19H20N2O7S/c1-3-25-19(22)21-20-18(13-4-7-15(8-5-13)28-29(2,23)24)14-6-9-16-17(12-14)27-11-10-26-16/h4-9,12H,3,10-11H2,1-2H3,(H,21,22)/b20-18-. The summed E-state index contributed by atoms with van der Waals surface area (Å²) >= 11 is 0. The maximum absolute atomic E-state index is 11.7. The third kappa shape index (κ3) is 5.61. The van der Waals surface area contributed by atoms with Gasteiger partial charge in [-0.25, -0.2) is 10.2 Å². The van der Waals surface area contributed by atoms with E-state index < -0.39 is 16.2 Å². The van der Waals surface area contributed by atoms with Gasteiger partial charge in [-0.1, -0.05) is 0 Å². The fraction of sp³-hybridized carbons (Fsp3) is 0.263. The maximum atomic E-state index is 11.7. The number of nitrogens with zero attached hydrogens (tertiary/aromatic N) is 1. The molecule has 1 aliphatic rings. The first-order valence-corrected chi connectivity index (χ1v) is 10.6. The van der Waals surface area contributed by atoms with Crippen molar-refractivity contribution in [3.05, 3.63) is 53.6 Å². The Morgan fingerprint density at radius 3 is 2.38 bits per heavy atom. The molecule has 0 aliphatic carbocycles. The Kier molecular flexibility index (Phi) is 6.23. The van der Waals surface area contributed by atoms with Crippen molar-refractivity contribution in [2.45, 2.75) is 6.92 Å². The molecule has 10 heteroatoms. The Hall–Kier alpha value is -3.27. The van der Waals surface area contributed by atoms with Crippen LogP contribution in [-0.2, 0) is 14.9 Å². The summed E-state index contributed by atoms with van der Waals surface area (Å²) in [5.74, 6) is 1.35. The van der Waals surface area contributed by atoms with Crippen molar-refractivity contribution in [2.75, 3.05) is 26.1 Å². The average Bonchev–Trinajstić information content (AvgIpc) is 2.68. The maximum Gasteiger partial charge on any atom is 0.427 e. The first-order valence-electron chi connectivity index (χ1n) is 8.76. The second kappa shape index (κ2) is 8.82. The number of hydrazone groups is 1. The first kappa shape index (κ1) is 20.5. The van der Waals surface area contributed by atoms with E-state index in [1.807, 2.05) is 0 Å². The lowest BCUT2D eigenvalue weighted by atomic mass is 10.0. The van der Waals surface area contributed by atoms with Crippen LogP contribution in [0.15, 0.2) is 47.6 Å². The molecule has 1 aliphatic heterocycles. The fourth-order valence-corrected chi connectivity index (χ4v) is 3.06. The van der Waals surface area contributed by atoms with Crippen molar-refractivity contribution in [3.63, 3.8) is 0 Å². The summed E-state index contributed by atoms with van der Waals surface area (Å²) in [5, 5.41) is 4.17. The minimum absolute atomic E-state index is 0.163. The molecule has 0 unspecified atom stereocenters. The van der Waals surface area contributed by atoms with Crippen LogP contribution in [0.3, 0.4) is 0 Å². The van der Waals surface area contributed by atoms with E-state index in [1.54, 1.807) is 37.3 Å². The van der Waals surface area contributed by atoms with E-state index in [2.05, 4.69) is 10.5 Å². The van der Waals surface area contributed by atoms with Crippen LogP contribution in [-0.4, -0.2) is 46.3 Å². The van der Waals surface area contributed by atoms with E-state index in [0.717, 1.165) is 6.26 Å². The topological polar surface area (TPSA) is 113 Å². The number of hydrogen-bond donors (Lipinski definition) is 1. The molecule has 0 radical (unpaired) electrons. The van der Waals surface area contributed by atoms with Gasteiger partial charge in [0, 0.05) is 11.1 Å². The number of nitrogens with one attached hydrogen (secondary N) is 1. The molecule has 0 saturated carbocycles. The average molecular weight is 420 g/mol. The number of rotatable bonds is 6. The van der Waals surface area contributed by atoms with Crippen LogP contribution < -0.4 is 19.1 Å². The second-order valence-electron chi connectivity index (χ2n) is 5.96. The zero-order valence-electron chi connectivity index (χ0n) is 15.9. The molecule has 2 aromatic carbocycles. The van der Waals surface area contributed by atoms with Gasteiger partial charge in [0.1, 0.15) is 19.0 Å². The second-order valence-corrected chi connectivity index (χ2v) is 7.54. The Morgan fingerprint density at radius 2 is 1.72 bits per heavy atom. The smallest absolute Gasteiger partial charge is 0.427 e. The summed E-state index contributed by atoms with van der Waals surface area (Å²) in [4.78, 5) is 11.7. The van der Waals surface area contributed by atoms with Gasteiger partial charge in [-0.05, 0) is 49.4 Å². The molecule has 29 heavy (non-hydrogen) atoms. The van der Waals surface area contributed by atoms with Gasteiger partial charge in [0.25, 0.3) is 0 Å². The van der Waals surface area contributed by atoms with Gasteiger partial charge in [0.05, 0.1) is 18.6 Å². The summed E-state index contributed by atoms with van der Waals surface area (Å²) in [5.41, 5.74) is 4.02. The normalized spacial score (nSPS) is 13.5. The molecule has 2 aromatic rings. The van der Waals surface area contributed by atoms with Crippen LogP contribution in [0.2, 0.25) is 0 Å². The van der Waals surface area contributed by atoms with Gasteiger partial charge in [0.15, 0.2) is 11.5 Å². The van der Waals surface area contributed by atoms with Crippen molar-refractivity contribution >= 4 is 21.9 Å². The molecule has 0 atom stereocenters. The number of amides is 1. The van der Waals surface area contributed by atoms with Gasteiger partial charge < -0.3 is 18.4 Å². The third-order valence-corrected chi connectivity index (χ3v) is 4.22. The van der Waals surface area contributed by atoms with E-state index in [1.165, 1.54) is 12.1 Å². The Balaban J connectivity index is 1.95. The zero-order chi connectivity index (χ0) is 20.9. The summed E-state index contributed by atoms with van der Waals surface area (Å²) in [7, 11) is -3.63. The van der Waals surface area contributed by atoms with Crippen LogP contribution in [0, 0.1) is 0 Å². The number of benzene rings is 2. The first-order chi connectivity index (χ1) is 13.9. The molecule has 3 rings (SSSR count). The molecule has 1 amide bonds. The Morgan fingerprint density at radius 1 is 1.07 bits per heavy atom. The van der Waals surface area contributed by atoms with Gasteiger partial charge in [-0.3, -0.25) is 0 Å². The van der Waals surface area contributed by atoms with Crippen LogP contribution >= 0.6 is 0 Å². The number of carbonyl (C=O) groups excluding carboxylic acids is 1. The molecule has 0 aromatic heterocycles. The molecule has 1 N–H and O–H groups in total. The lowest BCUT2D eigenvalue weighted by Crippen LogP contribution is -2.22. The highest BCUT2D eigenvalue weighted by molar-refractivity contribution is 7.86. The molecular weight excluding hydrogens is 400 g/mol. The zero-order valence-corrected chi connectivity index (χ0v) is 16.7. The Labute approximate surface area is 168 Å². The number of carbonyl (C=O) groups is 1. The van der Waals surface area contributed by atoms with Crippen LogP contribution in [0.5, 0.6) is 17.2 Å². The van der Waals surface area contributed by atoms with Gasteiger partial charge in [-0.15, -0.1) is 0 Å². The largest absolute Gasteiger partial charge is 0.486 e. The monoisotopic (exact) mass is 420 g/mol. The van der Waals surface area contributed by atoms with Crippen molar-refractivity contribution in [3.8, 4) is 17.2 Å². The lowest BCUT2D eigenvalue weighted by Gasteiger charge is -2.19. The summed E-state index contributed by atoms with van der Waals surface area (Å²) < 4.78 is 43.4. The van der Waals surface area contributed by atoms with Gasteiger partial charge >= 0.3 is 16.2 Å². The molecule has 0 fully saturated rings. The predicted molar refractivity (Wildman–Crippen MR) is 105 cm³/mol. The van der Waals surface area contributed by atoms with Crippen LogP contribution in [0.25, 0.3) is 0 Å². The van der Waals surface area contributed by atoms with E-state index >= 15 is 0 Å². The summed E-state index contributed by atoms with van der Waals surface area (Å²) in [6, 6.07) is 11.5. The highest BCUT2D eigenvalue weighted by Crippen LogP contribution is 2.31. The van der Waals surface area contributed by atoms with Crippen molar-refractivity contribution in [1.29, 1.82) is 0 Å². The number of fused-ring (bicyclic) bond motifs is 1. The Bertz CT molecular complexity index is 1020. The van der Waals surface area contributed by atoms with E-state index in [0.29, 0.717) is 41.6 Å². The van der Waals surface area contributed by atoms with Gasteiger partial charge in [-0.2, -0.15) is 13.5 Å². The molecule has 0 spiro atoms. The molecule has 154 valence electrons. The minimum atomic E-state index is -3.63. The SMILES string of the molecule is CCOC(=O)N/N=C(/c1ccc(OS(C)(=O)=O)cc1)c1ccc2c(c1)OCCO2. The van der Waals surface area contributed by atoms with Crippen molar-refractivity contribution in [1.82, 2.24) is 5.43 Å². The summed E-state index contributed by atoms with van der Waals surface area (Å²) in [6.07, 6.45) is 0.270. The fourth-order valence-electron chi connectivity index (χ4n) is 2.59. The minimum Gasteiger partial charge on any atom is -0.486 e. The molecule has 1 heterocycles.